The Labute approximate surface area is 153 Å². The first-order chi connectivity index (χ1) is 12.8. The Morgan fingerprint density at radius 3 is 2.92 bits per heavy atom. The fraction of sp³-hybridized carbons (Fsp3) is 0.400. The zero-order valence-electron chi connectivity index (χ0n) is 14.8. The predicted octanol–water partition coefficient (Wildman–Crippen LogP) is 2.91. The van der Waals surface area contributed by atoms with Crippen LogP contribution in [0.2, 0.25) is 0 Å². The molecule has 1 N–H and O–H groups in total. The summed E-state index contributed by atoms with van der Waals surface area (Å²) in [5, 5.41) is 17.9. The third-order valence-corrected chi connectivity index (χ3v) is 4.92. The van der Waals surface area contributed by atoms with Gasteiger partial charge in [0.1, 0.15) is 5.69 Å². The van der Waals surface area contributed by atoms with Gasteiger partial charge < -0.3 is 9.63 Å². The Hall–Kier alpha value is -2.44. The van der Waals surface area contributed by atoms with E-state index in [9.17, 15) is 0 Å². The third kappa shape index (κ3) is 3.86. The van der Waals surface area contributed by atoms with Crippen molar-refractivity contribution in [3.8, 4) is 11.3 Å². The first kappa shape index (κ1) is 17.0. The Bertz CT molecular complexity index is 827. The molecule has 3 heterocycles. The molecule has 3 aromatic rings. The van der Waals surface area contributed by atoms with Crippen LogP contribution in [-0.2, 0) is 13.1 Å². The van der Waals surface area contributed by atoms with Gasteiger partial charge in [-0.25, -0.2) is 0 Å². The first-order valence-electron chi connectivity index (χ1n) is 9.19. The Balaban J connectivity index is 1.40. The van der Waals surface area contributed by atoms with E-state index in [0.717, 1.165) is 55.2 Å². The summed E-state index contributed by atoms with van der Waals surface area (Å²) in [5.74, 6) is 1.33. The number of hydrogen-bond acceptors (Lipinski definition) is 5. The number of aliphatic hydroxyl groups is 1. The highest BCUT2D eigenvalue weighted by Gasteiger charge is 2.24. The highest BCUT2D eigenvalue weighted by atomic mass is 16.5. The lowest BCUT2D eigenvalue weighted by atomic mass is 9.95. The molecule has 136 valence electrons. The minimum absolute atomic E-state index is 0.118. The number of nitrogens with zero attached hydrogens (tertiary/aromatic N) is 4. The number of piperidine rings is 1. The van der Waals surface area contributed by atoms with Crippen LogP contribution in [0.5, 0.6) is 0 Å². The molecule has 0 radical (unpaired) electrons. The number of hydrogen-bond donors (Lipinski definition) is 1. The first-order valence-corrected chi connectivity index (χ1v) is 9.19. The minimum Gasteiger partial charge on any atom is -0.394 e. The highest BCUT2D eigenvalue weighted by Crippen LogP contribution is 2.27. The lowest BCUT2D eigenvalue weighted by Gasteiger charge is -2.31. The molecule has 1 fully saturated rings. The van der Waals surface area contributed by atoms with Gasteiger partial charge in [0, 0.05) is 30.3 Å². The number of rotatable bonds is 6. The summed E-state index contributed by atoms with van der Waals surface area (Å²) < 4.78 is 7.38. The molecule has 1 unspecified atom stereocenters. The van der Waals surface area contributed by atoms with Crippen LogP contribution in [-0.4, -0.2) is 44.6 Å². The van der Waals surface area contributed by atoms with Crippen LogP contribution < -0.4 is 0 Å². The largest absolute Gasteiger partial charge is 0.394 e. The van der Waals surface area contributed by atoms with Gasteiger partial charge in [0.05, 0.1) is 25.4 Å². The second-order valence-electron chi connectivity index (χ2n) is 6.85. The predicted molar refractivity (Wildman–Crippen MR) is 98.5 cm³/mol. The second-order valence-corrected chi connectivity index (χ2v) is 6.85. The summed E-state index contributed by atoms with van der Waals surface area (Å²) >= 11 is 0. The van der Waals surface area contributed by atoms with Crippen molar-refractivity contribution in [2.75, 3.05) is 19.7 Å². The molecule has 1 atom stereocenters. The summed E-state index contributed by atoms with van der Waals surface area (Å²) in [6.07, 6.45) is 4.25. The summed E-state index contributed by atoms with van der Waals surface area (Å²) in [7, 11) is 0. The van der Waals surface area contributed by atoms with Gasteiger partial charge >= 0.3 is 0 Å². The van der Waals surface area contributed by atoms with Crippen molar-refractivity contribution in [2.24, 2.45) is 0 Å². The van der Waals surface area contributed by atoms with E-state index >= 15 is 0 Å². The van der Waals surface area contributed by atoms with E-state index in [2.05, 4.69) is 21.2 Å². The monoisotopic (exact) mass is 352 g/mol. The van der Waals surface area contributed by atoms with Crippen LogP contribution in [0.25, 0.3) is 11.3 Å². The third-order valence-electron chi connectivity index (χ3n) is 4.92. The molecule has 0 amide bonds. The average molecular weight is 352 g/mol. The topological polar surface area (TPSA) is 67.3 Å². The van der Waals surface area contributed by atoms with Gasteiger partial charge in [-0.3, -0.25) is 9.58 Å². The average Bonchev–Trinajstić information content (AvgIpc) is 3.33. The van der Waals surface area contributed by atoms with Crippen LogP contribution in [0.15, 0.2) is 53.2 Å². The van der Waals surface area contributed by atoms with Crippen molar-refractivity contribution in [3.05, 3.63) is 60.1 Å². The van der Waals surface area contributed by atoms with Gasteiger partial charge in [-0.1, -0.05) is 35.5 Å². The highest BCUT2D eigenvalue weighted by molar-refractivity contribution is 5.58. The maximum absolute atomic E-state index is 9.04. The van der Waals surface area contributed by atoms with Crippen LogP contribution >= 0.6 is 0 Å². The Morgan fingerprint density at radius 1 is 1.19 bits per heavy atom. The van der Waals surface area contributed by atoms with Crippen molar-refractivity contribution < 1.29 is 9.63 Å². The van der Waals surface area contributed by atoms with Gasteiger partial charge in [0.2, 0.25) is 0 Å². The number of aliphatic hydroxyl groups excluding tert-OH is 1. The molecule has 0 aliphatic carbocycles. The Morgan fingerprint density at radius 2 is 2.08 bits per heavy atom. The number of benzene rings is 1. The molecule has 1 saturated heterocycles. The van der Waals surface area contributed by atoms with E-state index in [-0.39, 0.29) is 6.61 Å². The number of aromatic nitrogens is 3. The van der Waals surface area contributed by atoms with E-state index in [1.165, 1.54) is 0 Å². The van der Waals surface area contributed by atoms with Crippen molar-refractivity contribution in [1.29, 1.82) is 0 Å². The zero-order valence-corrected chi connectivity index (χ0v) is 14.8. The van der Waals surface area contributed by atoms with E-state index in [0.29, 0.717) is 12.5 Å². The lowest BCUT2D eigenvalue weighted by molar-refractivity contribution is 0.178. The smallest absolute Gasteiger partial charge is 0.151 e. The Kier molecular flexibility index (Phi) is 5.13. The van der Waals surface area contributed by atoms with Gasteiger partial charge in [0.25, 0.3) is 0 Å². The normalized spacial score (nSPS) is 18.3. The maximum atomic E-state index is 9.04. The van der Waals surface area contributed by atoms with Gasteiger partial charge in [-0.05, 0) is 25.5 Å². The van der Waals surface area contributed by atoms with Crippen LogP contribution in [0.3, 0.4) is 0 Å². The molecule has 0 bridgehead atoms. The van der Waals surface area contributed by atoms with Gasteiger partial charge in [0.15, 0.2) is 5.76 Å². The van der Waals surface area contributed by atoms with Crippen LogP contribution in [0.1, 0.15) is 30.2 Å². The van der Waals surface area contributed by atoms with Crippen molar-refractivity contribution in [1.82, 2.24) is 19.8 Å². The molecule has 26 heavy (non-hydrogen) atoms. The quantitative estimate of drug-likeness (QED) is 0.739. The summed E-state index contributed by atoms with van der Waals surface area (Å²) in [5.41, 5.74) is 3.08. The van der Waals surface area contributed by atoms with E-state index < -0.39 is 0 Å². The summed E-state index contributed by atoms with van der Waals surface area (Å²) in [4.78, 5) is 2.41. The van der Waals surface area contributed by atoms with Gasteiger partial charge in [-0.2, -0.15) is 5.10 Å². The molecule has 6 nitrogen and oxygen atoms in total. The SMILES string of the molecule is OCCn1ccc(C2CCCN(Cc3cc(-c4ccccc4)no3)C2)n1. The summed E-state index contributed by atoms with van der Waals surface area (Å²) in [6, 6.07) is 14.2. The van der Waals surface area contributed by atoms with Crippen molar-refractivity contribution >= 4 is 0 Å². The molecule has 1 aliphatic heterocycles. The molecule has 1 aromatic carbocycles. The fourth-order valence-corrected chi connectivity index (χ4v) is 3.62. The molecule has 2 aromatic heterocycles. The maximum Gasteiger partial charge on any atom is 0.151 e. The lowest BCUT2D eigenvalue weighted by Crippen LogP contribution is -2.34. The molecular formula is C20H24N4O2. The van der Waals surface area contributed by atoms with Crippen LogP contribution in [0.4, 0.5) is 0 Å². The van der Waals surface area contributed by atoms with E-state index in [1.54, 1.807) is 0 Å². The zero-order chi connectivity index (χ0) is 17.8. The number of likely N-dealkylation sites (tertiary alicyclic amines) is 1. The summed E-state index contributed by atoms with van der Waals surface area (Å²) in [6.45, 7) is 3.48. The standard InChI is InChI=1S/C20H24N4O2/c25-12-11-24-10-8-19(21-24)17-7-4-9-23(14-17)15-18-13-20(22-26-18)16-5-2-1-3-6-16/h1-3,5-6,8,10,13,17,25H,4,7,9,11-12,14-15H2. The van der Waals surface area contributed by atoms with Gasteiger partial charge in [-0.15, -0.1) is 0 Å². The van der Waals surface area contributed by atoms with Crippen molar-refractivity contribution in [2.45, 2.75) is 31.8 Å². The second kappa shape index (κ2) is 7.85. The molecular weight excluding hydrogens is 328 g/mol. The van der Waals surface area contributed by atoms with Crippen LogP contribution in [0, 0.1) is 0 Å². The molecule has 6 heteroatoms. The van der Waals surface area contributed by atoms with E-state index in [1.807, 2.05) is 47.3 Å². The minimum atomic E-state index is 0.118. The molecule has 4 rings (SSSR count). The fourth-order valence-electron chi connectivity index (χ4n) is 3.62. The molecule has 1 aliphatic rings. The van der Waals surface area contributed by atoms with E-state index in [4.69, 9.17) is 9.63 Å². The molecule has 0 saturated carbocycles. The molecule has 0 spiro atoms. The van der Waals surface area contributed by atoms with Crippen molar-refractivity contribution in [3.63, 3.8) is 0 Å².